The van der Waals surface area contributed by atoms with Crippen molar-refractivity contribution in [3.63, 3.8) is 0 Å². The molecule has 0 aliphatic carbocycles. The van der Waals surface area contributed by atoms with Gasteiger partial charge in [0, 0.05) is 6.54 Å². The van der Waals surface area contributed by atoms with Gasteiger partial charge in [-0.2, -0.15) is 5.10 Å². The van der Waals surface area contributed by atoms with Crippen LogP contribution in [0.25, 0.3) is 16.7 Å². The molecule has 0 saturated carbocycles. The standard InChI is InChI=1S/C16H18ClN5/c1-10(2)8-18-15-12-9-19-22(16(12)21-11(3)20-15)14-7-5-4-6-13(14)17/h4-7,9-10H,8H2,1-3H3,(H,18,20,21). The Hall–Kier alpha value is -2.14. The summed E-state index contributed by atoms with van der Waals surface area (Å²) in [5.41, 5.74) is 1.57. The number of fused-ring (bicyclic) bond motifs is 1. The fourth-order valence-electron chi connectivity index (χ4n) is 2.25. The molecule has 5 nitrogen and oxygen atoms in total. The molecule has 0 aliphatic rings. The number of benzene rings is 1. The first kappa shape index (κ1) is 14.8. The summed E-state index contributed by atoms with van der Waals surface area (Å²) in [4.78, 5) is 9.03. The molecule has 0 spiro atoms. The first-order valence-electron chi connectivity index (χ1n) is 7.27. The maximum atomic E-state index is 6.28. The number of aromatic nitrogens is 4. The van der Waals surface area contributed by atoms with Crippen LogP contribution >= 0.6 is 11.6 Å². The molecule has 0 amide bonds. The number of halogens is 1. The molecule has 1 aromatic carbocycles. The second kappa shape index (κ2) is 5.93. The molecule has 3 aromatic rings. The zero-order chi connectivity index (χ0) is 15.7. The largest absolute Gasteiger partial charge is 0.369 e. The summed E-state index contributed by atoms with van der Waals surface area (Å²) in [5.74, 6) is 2.05. The lowest BCUT2D eigenvalue weighted by Gasteiger charge is -2.10. The molecule has 22 heavy (non-hydrogen) atoms. The number of nitrogens with one attached hydrogen (secondary N) is 1. The molecule has 0 saturated heterocycles. The van der Waals surface area contributed by atoms with Crippen LogP contribution in [-0.2, 0) is 0 Å². The van der Waals surface area contributed by atoms with Gasteiger partial charge in [0.1, 0.15) is 11.6 Å². The van der Waals surface area contributed by atoms with Crippen molar-refractivity contribution >= 4 is 28.5 Å². The maximum Gasteiger partial charge on any atom is 0.168 e. The minimum absolute atomic E-state index is 0.531. The van der Waals surface area contributed by atoms with Crippen LogP contribution in [0.4, 0.5) is 5.82 Å². The number of aryl methyl sites for hydroxylation is 1. The second-order valence-electron chi connectivity index (χ2n) is 5.64. The summed E-state index contributed by atoms with van der Waals surface area (Å²) in [5, 5.41) is 9.35. The zero-order valence-corrected chi connectivity index (χ0v) is 13.6. The monoisotopic (exact) mass is 315 g/mol. The Morgan fingerprint density at radius 1 is 1.23 bits per heavy atom. The lowest BCUT2D eigenvalue weighted by atomic mass is 10.2. The van der Waals surface area contributed by atoms with Crippen molar-refractivity contribution in [3.8, 4) is 5.69 Å². The summed E-state index contributed by atoms with van der Waals surface area (Å²) in [6.07, 6.45) is 1.78. The van der Waals surface area contributed by atoms with Crippen LogP contribution in [0.15, 0.2) is 30.5 Å². The van der Waals surface area contributed by atoms with E-state index in [1.165, 1.54) is 0 Å². The Morgan fingerprint density at radius 2 is 2.00 bits per heavy atom. The van der Waals surface area contributed by atoms with Gasteiger partial charge < -0.3 is 5.32 Å². The van der Waals surface area contributed by atoms with Gasteiger partial charge in [0.25, 0.3) is 0 Å². The van der Waals surface area contributed by atoms with Gasteiger partial charge in [-0.25, -0.2) is 14.6 Å². The highest BCUT2D eigenvalue weighted by Gasteiger charge is 2.14. The third-order valence-electron chi connectivity index (χ3n) is 3.30. The van der Waals surface area contributed by atoms with E-state index in [-0.39, 0.29) is 0 Å². The van der Waals surface area contributed by atoms with E-state index >= 15 is 0 Å². The van der Waals surface area contributed by atoms with Crippen LogP contribution in [0.1, 0.15) is 19.7 Å². The molecule has 0 atom stereocenters. The van der Waals surface area contributed by atoms with E-state index < -0.39 is 0 Å². The van der Waals surface area contributed by atoms with Gasteiger partial charge in [0.15, 0.2) is 5.65 Å². The molecule has 0 aliphatic heterocycles. The predicted molar refractivity (Wildman–Crippen MR) is 89.7 cm³/mol. The second-order valence-corrected chi connectivity index (χ2v) is 6.05. The SMILES string of the molecule is Cc1nc(NCC(C)C)c2cnn(-c3ccccc3Cl)c2n1. The van der Waals surface area contributed by atoms with Crippen LogP contribution in [0.5, 0.6) is 0 Å². The summed E-state index contributed by atoms with van der Waals surface area (Å²) in [6, 6.07) is 7.60. The lowest BCUT2D eigenvalue weighted by molar-refractivity contribution is 0.687. The summed E-state index contributed by atoms with van der Waals surface area (Å²) in [7, 11) is 0. The number of hydrogen-bond donors (Lipinski definition) is 1. The average molecular weight is 316 g/mol. The van der Waals surface area contributed by atoms with Crippen LogP contribution < -0.4 is 5.32 Å². The fourth-order valence-corrected chi connectivity index (χ4v) is 2.47. The van der Waals surface area contributed by atoms with Crippen molar-refractivity contribution in [1.82, 2.24) is 19.7 Å². The van der Waals surface area contributed by atoms with E-state index in [1.807, 2.05) is 31.2 Å². The Balaban J connectivity index is 2.13. The number of nitrogens with zero attached hydrogens (tertiary/aromatic N) is 4. The highest BCUT2D eigenvalue weighted by molar-refractivity contribution is 6.32. The van der Waals surface area contributed by atoms with E-state index in [9.17, 15) is 0 Å². The zero-order valence-electron chi connectivity index (χ0n) is 12.8. The molecular formula is C16H18ClN5. The molecule has 6 heteroatoms. The minimum Gasteiger partial charge on any atom is -0.369 e. The summed E-state index contributed by atoms with van der Waals surface area (Å²) in [6.45, 7) is 7.05. The predicted octanol–water partition coefficient (Wildman–Crippen LogP) is 3.85. The molecule has 3 rings (SSSR count). The van der Waals surface area contributed by atoms with E-state index in [0.717, 1.165) is 29.1 Å². The van der Waals surface area contributed by atoms with E-state index in [1.54, 1.807) is 10.9 Å². The third-order valence-corrected chi connectivity index (χ3v) is 3.62. The molecule has 2 aromatic heterocycles. The van der Waals surface area contributed by atoms with Crippen LogP contribution in [0.3, 0.4) is 0 Å². The lowest BCUT2D eigenvalue weighted by Crippen LogP contribution is -2.10. The maximum absolute atomic E-state index is 6.28. The number of anilines is 1. The van der Waals surface area contributed by atoms with Crippen molar-refractivity contribution < 1.29 is 0 Å². The van der Waals surface area contributed by atoms with E-state index in [4.69, 9.17) is 11.6 Å². The van der Waals surface area contributed by atoms with Crippen LogP contribution in [0, 0.1) is 12.8 Å². The van der Waals surface area contributed by atoms with E-state index in [0.29, 0.717) is 16.8 Å². The van der Waals surface area contributed by atoms with Gasteiger partial charge in [0.05, 0.1) is 22.3 Å². The Bertz CT molecular complexity index is 809. The third kappa shape index (κ3) is 2.76. The van der Waals surface area contributed by atoms with Gasteiger partial charge in [-0.1, -0.05) is 37.6 Å². The van der Waals surface area contributed by atoms with Crippen LogP contribution in [-0.4, -0.2) is 26.3 Å². The van der Waals surface area contributed by atoms with Crippen molar-refractivity contribution in [2.24, 2.45) is 5.92 Å². The molecule has 1 N–H and O–H groups in total. The minimum atomic E-state index is 0.531. The quantitative estimate of drug-likeness (QED) is 0.794. The Labute approximate surface area is 134 Å². The first-order valence-corrected chi connectivity index (χ1v) is 7.65. The Morgan fingerprint density at radius 3 is 2.73 bits per heavy atom. The van der Waals surface area contributed by atoms with Gasteiger partial charge in [-0.3, -0.25) is 0 Å². The number of hydrogen-bond acceptors (Lipinski definition) is 4. The number of rotatable bonds is 4. The average Bonchev–Trinajstić information content (AvgIpc) is 2.88. The van der Waals surface area contributed by atoms with Crippen molar-refractivity contribution in [2.45, 2.75) is 20.8 Å². The summed E-state index contributed by atoms with van der Waals surface area (Å²) < 4.78 is 1.76. The van der Waals surface area contributed by atoms with Gasteiger partial charge in [-0.05, 0) is 25.0 Å². The molecule has 114 valence electrons. The highest BCUT2D eigenvalue weighted by Crippen LogP contribution is 2.26. The van der Waals surface area contributed by atoms with E-state index in [2.05, 4.69) is 34.2 Å². The normalized spacial score (nSPS) is 11.3. The van der Waals surface area contributed by atoms with Gasteiger partial charge in [-0.15, -0.1) is 0 Å². The molecular weight excluding hydrogens is 298 g/mol. The van der Waals surface area contributed by atoms with Crippen molar-refractivity contribution in [2.75, 3.05) is 11.9 Å². The van der Waals surface area contributed by atoms with Crippen molar-refractivity contribution in [1.29, 1.82) is 0 Å². The first-order chi connectivity index (χ1) is 10.6. The molecule has 2 heterocycles. The highest BCUT2D eigenvalue weighted by atomic mass is 35.5. The molecule has 0 unspecified atom stereocenters. The van der Waals surface area contributed by atoms with Gasteiger partial charge >= 0.3 is 0 Å². The topological polar surface area (TPSA) is 55.6 Å². The summed E-state index contributed by atoms with van der Waals surface area (Å²) >= 11 is 6.28. The van der Waals surface area contributed by atoms with Gasteiger partial charge in [0.2, 0.25) is 0 Å². The molecule has 0 radical (unpaired) electrons. The molecule has 0 bridgehead atoms. The van der Waals surface area contributed by atoms with Crippen molar-refractivity contribution in [3.05, 3.63) is 41.3 Å². The number of para-hydroxylation sites is 1. The fraction of sp³-hybridized carbons (Fsp3) is 0.312. The van der Waals surface area contributed by atoms with Crippen LogP contribution in [0.2, 0.25) is 5.02 Å². The Kier molecular flexibility index (Phi) is 3.98. The smallest absolute Gasteiger partial charge is 0.168 e. The molecule has 0 fully saturated rings.